The fourth-order valence-corrected chi connectivity index (χ4v) is 3.12. The molecule has 1 aromatic carbocycles. The molecule has 2 heterocycles. The molecule has 2 aromatic rings. The van der Waals surface area contributed by atoms with Crippen LogP contribution in [0.25, 0.3) is 6.08 Å². The van der Waals surface area contributed by atoms with Gasteiger partial charge < -0.3 is 10.2 Å². The molecule has 0 radical (unpaired) electrons. The Morgan fingerprint density at radius 3 is 2.70 bits per heavy atom. The molecular formula is C19H24N6O2. The lowest BCUT2D eigenvalue weighted by Gasteiger charge is -2.31. The molecule has 8 heteroatoms. The molecule has 1 aliphatic heterocycles. The van der Waals surface area contributed by atoms with Gasteiger partial charge in [-0.25, -0.2) is 0 Å². The first kappa shape index (κ1) is 18.6. The summed E-state index contributed by atoms with van der Waals surface area (Å²) in [5, 5.41) is 18.0. The van der Waals surface area contributed by atoms with Gasteiger partial charge in [0, 0.05) is 26.7 Å². The van der Waals surface area contributed by atoms with Gasteiger partial charge in [-0.1, -0.05) is 42.0 Å². The number of hydrogen-bond acceptors (Lipinski definition) is 4. The zero-order valence-corrected chi connectivity index (χ0v) is 15.4. The average molecular weight is 368 g/mol. The summed E-state index contributed by atoms with van der Waals surface area (Å²) >= 11 is 0. The zero-order chi connectivity index (χ0) is 19.1. The van der Waals surface area contributed by atoms with Crippen LogP contribution < -0.4 is 5.32 Å². The van der Waals surface area contributed by atoms with E-state index < -0.39 is 4.92 Å². The van der Waals surface area contributed by atoms with Crippen LogP contribution in [0.3, 0.4) is 0 Å². The topological polar surface area (TPSA) is 88.6 Å². The third kappa shape index (κ3) is 5.16. The third-order valence-electron chi connectivity index (χ3n) is 4.54. The van der Waals surface area contributed by atoms with E-state index in [4.69, 9.17) is 0 Å². The normalized spacial score (nSPS) is 14.9. The summed E-state index contributed by atoms with van der Waals surface area (Å²) in [5.41, 5.74) is 2.71. The third-order valence-corrected chi connectivity index (χ3v) is 4.54. The van der Waals surface area contributed by atoms with E-state index in [-0.39, 0.29) is 5.69 Å². The maximum atomic E-state index is 10.7. The molecule has 0 amide bonds. The van der Waals surface area contributed by atoms with Crippen LogP contribution in [0.15, 0.2) is 53.3 Å². The van der Waals surface area contributed by atoms with Gasteiger partial charge >= 0.3 is 5.69 Å². The number of nitrogens with zero attached hydrogens (tertiary/aromatic N) is 5. The molecule has 1 aromatic heterocycles. The largest absolute Gasteiger partial charge is 0.354 e. The molecule has 0 bridgehead atoms. The highest BCUT2D eigenvalue weighted by Crippen LogP contribution is 2.19. The second kappa shape index (κ2) is 8.98. The van der Waals surface area contributed by atoms with Crippen molar-refractivity contribution >= 4 is 17.7 Å². The van der Waals surface area contributed by atoms with Crippen LogP contribution in [0.5, 0.6) is 0 Å². The molecule has 0 unspecified atom stereocenters. The van der Waals surface area contributed by atoms with Crippen molar-refractivity contribution in [3.63, 3.8) is 0 Å². The number of piperidine rings is 1. The van der Waals surface area contributed by atoms with E-state index >= 15 is 0 Å². The van der Waals surface area contributed by atoms with Crippen LogP contribution in [0.2, 0.25) is 0 Å². The van der Waals surface area contributed by atoms with Gasteiger partial charge in [0.1, 0.15) is 12.4 Å². The molecule has 8 nitrogen and oxygen atoms in total. The molecule has 1 N–H and O–H groups in total. The number of guanidine groups is 1. The highest BCUT2D eigenvalue weighted by molar-refractivity contribution is 5.80. The SMILES string of the molecule is CN=C(NCCn1cc([N+](=O)[O-])cn1)N1CCC(=Cc2ccccc2)CC1. The maximum absolute atomic E-state index is 10.7. The first-order chi connectivity index (χ1) is 13.2. The van der Waals surface area contributed by atoms with Crippen LogP contribution in [-0.2, 0) is 6.54 Å². The van der Waals surface area contributed by atoms with Gasteiger partial charge in [0.15, 0.2) is 5.96 Å². The lowest BCUT2D eigenvalue weighted by molar-refractivity contribution is -0.385. The number of benzene rings is 1. The summed E-state index contributed by atoms with van der Waals surface area (Å²) in [7, 11) is 1.77. The number of hydrogen-bond donors (Lipinski definition) is 1. The fourth-order valence-electron chi connectivity index (χ4n) is 3.12. The Kier molecular flexibility index (Phi) is 6.19. The maximum Gasteiger partial charge on any atom is 0.306 e. The Hall–Kier alpha value is -3.16. The summed E-state index contributed by atoms with van der Waals surface area (Å²) in [5.74, 6) is 0.857. The van der Waals surface area contributed by atoms with E-state index in [1.54, 1.807) is 11.7 Å². The van der Waals surface area contributed by atoms with Gasteiger partial charge in [0.25, 0.3) is 0 Å². The lowest BCUT2D eigenvalue weighted by Crippen LogP contribution is -2.45. The van der Waals surface area contributed by atoms with E-state index in [0.29, 0.717) is 13.1 Å². The quantitative estimate of drug-likeness (QED) is 0.379. The smallest absolute Gasteiger partial charge is 0.306 e. The molecule has 1 aliphatic rings. The van der Waals surface area contributed by atoms with Crippen molar-refractivity contribution in [2.24, 2.45) is 4.99 Å². The first-order valence-corrected chi connectivity index (χ1v) is 9.02. The molecule has 1 saturated heterocycles. The van der Waals surface area contributed by atoms with E-state index in [1.165, 1.54) is 23.5 Å². The molecule has 0 saturated carbocycles. The Balaban J connectivity index is 1.47. The molecular weight excluding hydrogens is 344 g/mol. The summed E-state index contributed by atoms with van der Waals surface area (Å²) in [6, 6.07) is 10.4. The summed E-state index contributed by atoms with van der Waals surface area (Å²) in [6.45, 7) is 2.99. The first-order valence-electron chi connectivity index (χ1n) is 9.02. The molecule has 0 aliphatic carbocycles. The van der Waals surface area contributed by atoms with Gasteiger partial charge in [0.2, 0.25) is 0 Å². The molecule has 142 valence electrons. The number of rotatable bonds is 5. The van der Waals surface area contributed by atoms with Crippen molar-refractivity contribution in [2.45, 2.75) is 19.4 Å². The molecule has 1 fully saturated rings. The second-order valence-electron chi connectivity index (χ2n) is 6.39. The van der Waals surface area contributed by atoms with Crippen LogP contribution >= 0.6 is 0 Å². The lowest BCUT2D eigenvalue weighted by atomic mass is 10.0. The Labute approximate surface area is 158 Å². The van der Waals surface area contributed by atoms with Crippen molar-refractivity contribution in [1.29, 1.82) is 0 Å². The van der Waals surface area contributed by atoms with Gasteiger partial charge in [-0.15, -0.1) is 0 Å². The van der Waals surface area contributed by atoms with Crippen LogP contribution in [0, 0.1) is 10.1 Å². The number of nitro groups is 1. The number of aromatic nitrogens is 2. The van der Waals surface area contributed by atoms with Gasteiger partial charge in [-0.2, -0.15) is 5.10 Å². The Morgan fingerprint density at radius 2 is 2.07 bits per heavy atom. The molecule has 27 heavy (non-hydrogen) atoms. The number of nitrogens with one attached hydrogen (secondary N) is 1. The van der Waals surface area contributed by atoms with Crippen LogP contribution in [0.1, 0.15) is 18.4 Å². The molecule has 0 spiro atoms. The minimum atomic E-state index is -0.440. The summed E-state index contributed by atoms with van der Waals surface area (Å²) in [4.78, 5) is 16.9. The van der Waals surface area contributed by atoms with Gasteiger partial charge in [0.05, 0.1) is 11.5 Å². The van der Waals surface area contributed by atoms with E-state index in [1.807, 2.05) is 6.07 Å². The Morgan fingerprint density at radius 1 is 1.33 bits per heavy atom. The predicted molar refractivity (Wildman–Crippen MR) is 105 cm³/mol. The zero-order valence-electron chi connectivity index (χ0n) is 15.4. The highest BCUT2D eigenvalue weighted by Gasteiger charge is 2.17. The van der Waals surface area contributed by atoms with Crippen LogP contribution in [-0.4, -0.2) is 52.2 Å². The standard InChI is InChI=1S/C19H24N6O2/c1-20-19(21-9-12-24-15-18(14-22-24)25(26)27)23-10-7-17(8-11-23)13-16-5-3-2-4-6-16/h2-6,13-15H,7-12H2,1H3,(H,20,21). The van der Waals surface area contributed by atoms with Gasteiger partial charge in [-0.3, -0.25) is 19.8 Å². The minimum absolute atomic E-state index is 0.00754. The van der Waals surface area contributed by atoms with Crippen molar-refractivity contribution in [3.05, 3.63) is 64.0 Å². The van der Waals surface area contributed by atoms with Gasteiger partial charge in [-0.05, 0) is 18.4 Å². The van der Waals surface area contributed by atoms with Crippen molar-refractivity contribution in [3.8, 4) is 0 Å². The van der Waals surface area contributed by atoms with Crippen molar-refractivity contribution in [2.75, 3.05) is 26.7 Å². The summed E-state index contributed by atoms with van der Waals surface area (Å²) in [6.07, 6.45) is 7.01. The summed E-state index contributed by atoms with van der Waals surface area (Å²) < 4.78 is 1.56. The highest BCUT2D eigenvalue weighted by atomic mass is 16.6. The van der Waals surface area contributed by atoms with E-state index in [2.05, 4.69) is 50.6 Å². The van der Waals surface area contributed by atoms with Crippen molar-refractivity contribution < 1.29 is 4.92 Å². The molecule has 3 rings (SSSR count). The van der Waals surface area contributed by atoms with Crippen molar-refractivity contribution in [1.82, 2.24) is 20.0 Å². The van der Waals surface area contributed by atoms with Crippen LogP contribution in [0.4, 0.5) is 5.69 Å². The average Bonchev–Trinajstić information content (AvgIpc) is 3.16. The van der Waals surface area contributed by atoms with E-state index in [9.17, 15) is 10.1 Å². The number of aliphatic imine (C=N–C) groups is 1. The predicted octanol–water partition coefficient (Wildman–Crippen LogP) is 2.55. The Bertz CT molecular complexity index is 818. The second-order valence-corrected chi connectivity index (χ2v) is 6.39. The molecule has 0 atom stereocenters. The number of likely N-dealkylation sites (tertiary alicyclic amines) is 1. The monoisotopic (exact) mass is 368 g/mol. The fraction of sp³-hybridized carbons (Fsp3) is 0.368. The van der Waals surface area contributed by atoms with E-state index in [0.717, 1.165) is 31.9 Å². The minimum Gasteiger partial charge on any atom is -0.354 e.